The van der Waals surface area contributed by atoms with Crippen LogP contribution in [0.2, 0.25) is 0 Å². The Morgan fingerprint density at radius 2 is 0.667 bits per heavy atom. The highest BCUT2D eigenvalue weighted by Gasteiger charge is 2.23. The van der Waals surface area contributed by atoms with Crippen LogP contribution in [0.15, 0.2) is 0 Å². The Hall–Kier alpha value is -2.44. The number of aliphatic hydroxyl groups excluding tert-OH is 3. The summed E-state index contributed by atoms with van der Waals surface area (Å²) >= 11 is 0. The fourth-order valence-electron chi connectivity index (χ4n) is 7.17. The van der Waals surface area contributed by atoms with Gasteiger partial charge in [-0.05, 0) is 12.8 Å². The Labute approximate surface area is 362 Å². The van der Waals surface area contributed by atoms with E-state index in [-0.39, 0.29) is 32.1 Å². The molecule has 1 amide bonds. The Balaban J connectivity index is 0.00000391. The molecule has 0 atom stereocenters. The van der Waals surface area contributed by atoms with Crippen LogP contribution in [0.1, 0.15) is 142 Å². The average Bonchev–Trinajstić information content (AvgIpc) is 3.21. The van der Waals surface area contributed by atoms with Crippen molar-refractivity contribution >= 4 is 23.8 Å². The monoisotopic (exact) mass is 861 g/mol. The predicted octanol–water partition coefficient (Wildman–Crippen LogP) is 3.79. The van der Waals surface area contributed by atoms with Crippen LogP contribution in [0.4, 0.5) is 0 Å². The van der Waals surface area contributed by atoms with Crippen molar-refractivity contribution in [3.63, 3.8) is 0 Å². The molecule has 0 saturated carbocycles. The van der Waals surface area contributed by atoms with Gasteiger partial charge in [0.15, 0.2) is 0 Å². The summed E-state index contributed by atoms with van der Waals surface area (Å²) in [7, 11) is 0. The maximum atomic E-state index is 13.9. The van der Waals surface area contributed by atoms with E-state index in [1.807, 2.05) is 9.80 Å². The zero-order chi connectivity index (χ0) is 44.9. The molecule has 354 valence electrons. The molecule has 0 aromatic heterocycles. The molecule has 0 aromatic carbocycles. The van der Waals surface area contributed by atoms with Crippen LogP contribution in [0.5, 0.6) is 0 Å². The summed E-state index contributed by atoms with van der Waals surface area (Å²) in [6, 6.07) is 0. The molecule has 1 saturated heterocycles. The van der Waals surface area contributed by atoms with Gasteiger partial charge in [-0.2, -0.15) is 0 Å². The van der Waals surface area contributed by atoms with Crippen LogP contribution in [-0.4, -0.2) is 196 Å². The highest BCUT2D eigenvalue weighted by atomic mass is 16.4. The number of carboxylic acids is 3. The Bertz CT molecular complexity index is 1020. The molecule has 16 heteroatoms. The number of carbonyl (C=O) groups is 4. The van der Waals surface area contributed by atoms with Crippen molar-refractivity contribution in [2.45, 2.75) is 148 Å². The van der Waals surface area contributed by atoms with Crippen LogP contribution in [0, 0.1) is 0 Å². The van der Waals surface area contributed by atoms with Gasteiger partial charge in [0.05, 0.1) is 51.5 Å². The largest absolute Gasteiger partial charge is 0.480 e. The summed E-state index contributed by atoms with van der Waals surface area (Å²) < 4.78 is 0. The number of carboxylic acid groups (broad SMARTS) is 3. The van der Waals surface area contributed by atoms with Crippen molar-refractivity contribution in [1.29, 1.82) is 0 Å². The highest BCUT2D eigenvalue weighted by molar-refractivity contribution is 5.78. The minimum atomic E-state index is -1.21. The van der Waals surface area contributed by atoms with E-state index in [2.05, 4.69) is 13.8 Å². The van der Waals surface area contributed by atoms with Crippen LogP contribution in [0.25, 0.3) is 0 Å². The van der Waals surface area contributed by atoms with Gasteiger partial charge in [0.25, 0.3) is 0 Å². The summed E-state index contributed by atoms with van der Waals surface area (Å²) in [5, 5.41) is 53.6. The first kappa shape index (κ1) is 57.6. The fraction of sp³-hybridized carbons (Fsp3) is 0.909. The van der Waals surface area contributed by atoms with E-state index in [1.54, 1.807) is 14.7 Å². The SMILES string of the molecule is CCCCCCCCCCCCN(CCCCCCCCCCCC)C(=O)CN1CCN(CC(=O)O)CCN(CC(=O)O)CCN(CC(=O)O)CC1.NC(CO)(CO)CO. The second-order valence-electron chi connectivity index (χ2n) is 16.9. The molecule has 1 aliphatic heterocycles. The van der Waals surface area contributed by atoms with E-state index in [0.717, 1.165) is 38.8 Å². The normalized spacial score (nSPS) is 15.4. The van der Waals surface area contributed by atoms with E-state index in [4.69, 9.17) is 21.1 Å². The van der Waals surface area contributed by atoms with Crippen molar-refractivity contribution in [3.05, 3.63) is 0 Å². The number of unbranched alkanes of at least 4 members (excludes halogenated alkanes) is 18. The maximum absolute atomic E-state index is 13.9. The molecule has 0 bridgehead atoms. The lowest BCUT2D eigenvalue weighted by Gasteiger charge is -2.33. The summed E-state index contributed by atoms with van der Waals surface area (Å²) in [5.41, 5.74) is 3.94. The van der Waals surface area contributed by atoms with Gasteiger partial charge in [-0.1, -0.05) is 129 Å². The summed E-state index contributed by atoms with van der Waals surface area (Å²) in [6.45, 7) is 7.63. The van der Waals surface area contributed by atoms with Gasteiger partial charge < -0.3 is 41.3 Å². The van der Waals surface area contributed by atoms with Crippen LogP contribution < -0.4 is 5.73 Å². The molecular formula is C44H88N6O10. The molecule has 1 rings (SSSR count). The molecule has 0 aromatic rings. The smallest absolute Gasteiger partial charge is 0.317 e. The lowest BCUT2D eigenvalue weighted by atomic mass is 10.1. The molecule has 60 heavy (non-hydrogen) atoms. The van der Waals surface area contributed by atoms with Crippen molar-refractivity contribution in [3.8, 4) is 0 Å². The third-order valence-electron chi connectivity index (χ3n) is 11.2. The number of aliphatic carboxylic acids is 3. The number of amides is 1. The first-order valence-corrected chi connectivity index (χ1v) is 23.3. The minimum Gasteiger partial charge on any atom is -0.480 e. The van der Waals surface area contributed by atoms with Crippen molar-refractivity contribution in [2.24, 2.45) is 5.73 Å². The van der Waals surface area contributed by atoms with Crippen molar-refractivity contribution in [1.82, 2.24) is 24.5 Å². The average molecular weight is 861 g/mol. The maximum Gasteiger partial charge on any atom is 0.317 e. The molecule has 1 fully saturated rings. The summed E-state index contributed by atoms with van der Waals surface area (Å²) in [4.78, 5) is 58.2. The highest BCUT2D eigenvalue weighted by Crippen LogP contribution is 2.14. The standard InChI is InChI=1S/C40H77N5O7.C4H11NO3/c1-3-5-7-9-11-13-15-17-19-21-23-45(24-22-20-18-16-14-12-10-8-6-4-2)37(46)33-41-25-27-42(34-38(47)48)29-31-44(36-40(51)52)32-30-43(28-26-41)35-39(49)50;5-4(1-6,2-7)3-8/h3-36H2,1-2H3,(H,47,48)(H,49,50)(H,51,52);6-8H,1-3,5H2. The van der Waals surface area contributed by atoms with Crippen LogP contribution in [0.3, 0.4) is 0 Å². The third-order valence-corrected chi connectivity index (χ3v) is 11.2. The first-order chi connectivity index (χ1) is 28.8. The molecule has 0 unspecified atom stereocenters. The zero-order valence-corrected chi connectivity index (χ0v) is 37.8. The van der Waals surface area contributed by atoms with Gasteiger partial charge >= 0.3 is 17.9 Å². The topological polar surface area (TPSA) is 232 Å². The van der Waals surface area contributed by atoms with Crippen LogP contribution in [-0.2, 0) is 19.2 Å². The van der Waals surface area contributed by atoms with Gasteiger partial charge in [-0.15, -0.1) is 0 Å². The second kappa shape index (κ2) is 38.3. The van der Waals surface area contributed by atoms with Crippen molar-refractivity contribution in [2.75, 3.05) is 111 Å². The number of hydrogen-bond donors (Lipinski definition) is 7. The molecule has 8 N–H and O–H groups in total. The van der Waals surface area contributed by atoms with Crippen molar-refractivity contribution < 1.29 is 49.8 Å². The van der Waals surface area contributed by atoms with Gasteiger partial charge in [0.2, 0.25) is 5.91 Å². The number of hydrogen-bond acceptors (Lipinski definition) is 12. The van der Waals surface area contributed by atoms with E-state index in [0.29, 0.717) is 52.4 Å². The molecule has 0 spiro atoms. The number of rotatable bonds is 33. The molecule has 1 aliphatic rings. The first-order valence-electron chi connectivity index (χ1n) is 23.3. The number of nitrogens with zero attached hydrogens (tertiary/aromatic N) is 5. The van der Waals surface area contributed by atoms with E-state index in [1.165, 1.54) is 103 Å². The van der Waals surface area contributed by atoms with Gasteiger partial charge in [0.1, 0.15) is 0 Å². The number of carbonyl (C=O) groups excluding carboxylic acids is 1. The molecule has 0 aliphatic carbocycles. The Morgan fingerprint density at radius 1 is 0.433 bits per heavy atom. The van der Waals surface area contributed by atoms with Gasteiger partial charge in [-0.3, -0.25) is 38.8 Å². The fourth-order valence-corrected chi connectivity index (χ4v) is 7.17. The van der Waals surface area contributed by atoms with Crippen LogP contribution >= 0.6 is 0 Å². The number of aliphatic hydroxyl groups is 3. The summed E-state index contributed by atoms with van der Waals surface area (Å²) in [5.74, 6) is -2.80. The summed E-state index contributed by atoms with van der Waals surface area (Å²) in [6.07, 6.45) is 24.8. The predicted molar refractivity (Wildman–Crippen MR) is 237 cm³/mol. The molecular weight excluding hydrogens is 773 g/mol. The molecule has 0 radical (unpaired) electrons. The number of nitrogens with two attached hydrogens (primary N) is 1. The molecule has 1 heterocycles. The van der Waals surface area contributed by atoms with E-state index >= 15 is 0 Å². The van der Waals surface area contributed by atoms with Gasteiger partial charge in [-0.25, -0.2) is 0 Å². The van der Waals surface area contributed by atoms with E-state index in [9.17, 15) is 34.5 Å². The Kier molecular flexibility index (Phi) is 36.7. The minimum absolute atomic E-state index is 0.0844. The molecule has 16 nitrogen and oxygen atoms in total. The Morgan fingerprint density at radius 3 is 0.883 bits per heavy atom. The quantitative estimate of drug-likeness (QED) is 0.0466. The third kappa shape index (κ3) is 33.2. The van der Waals surface area contributed by atoms with E-state index < -0.39 is 43.3 Å². The van der Waals surface area contributed by atoms with Gasteiger partial charge in [0, 0.05) is 65.4 Å². The second-order valence-corrected chi connectivity index (χ2v) is 16.9. The zero-order valence-electron chi connectivity index (χ0n) is 37.8. The lowest BCUT2D eigenvalue weighted by Crippen LogP contribution is -2.50. The lowest BCUT2D eigenvalue weighted by molar-refractivity contribution is -0.140.